The van der Waals surface area contributed by atoms with E-state index in [-0.39, 0.29) is 21.2 Å². The molecule has 1 aliphatic rings. The minimum Gasteiger partial charge on any atom is -0.383 e. The summed E-state index contributed by atoms with van der Waals surface area (Å²) in [6.45, 7) is 1.69. The van der Waals surface area contributed by atoms with Gasteiger partial charge in [-0.05, 0) is 24.6 Å². The van der Waals surface area contributed by atoms with Crippen molar-refractivity contribution in [3.05, 3.63) is 39.5 Å². The SMILES string of the molecule is Cc1cc(S(=O)(=O)CC2=NNC(=O)C2=CN(C)C)c(Cl)cc1Cl. The van der Waals surface area contributed by atoms with Crippen LogP contribution in [-0.4, -0.2) is 44.8 Å². The first kappa shape index (κ1) is 17.8. The molecule has 0 atom stereocenters. The van der Waals surface area contributed by atoms with E-state index in [2.05, 4.69) is 10.5 Å². The van der Waals surface area contributed by atoms with E-state index in [1.807, 2.05) is 0 Å². The Morgan fingerprint density at radius 2 is 1.91 bits per heavy atom. The molecule has 0 bridgehead atoms. The standard InChI is InChI=1S/C14H15Cl2N3O3S/c1-8-4-13(11(16)5-10(8)15)23(21,22)7-12-9(6-19(2)3)14(20)18-17-12/h4-6H,7H2,1-3H3,(H,18,20). The molecule has 1 aromatic rings. The molecular formula is C14H15Cl2N3O3S. The van der Waals surface area contributed by atoms with Crippen LogP contribution in [0.4, 0.5) is 0 Å². The molecule has 1 aliphatic heterocycles. The Kier molecular flexibility index (Phi) is 5.03. The third-order valence-electron chi connectivity index (χ3n) is 3.11. The minimum absolute atomic E-state index is 0.0349. The summed E-state index contributed by atoms with van der Waals surface area (Å²) in [4.78, 5) is 13.4. The fourth-order valence-corrected chi connectivity index (χ4v) is 4.18. The number of nitrogens with one attached hydrogen (secondary N) is 1. The highest BCUT2D eigenvalue weighted by molar-refractivity contribution is 7.92. The van der Waals surface area contributed by atoms with Crippen molar-refractivity contribution in [2.75, 3.05) is 19.8 Å². The number of rotatable bonds is 4. The first-order valence-electron chi connectivity index (χ1n) is 6.55. The van der Waals surface area contributed by atoms with Gasteiger partial charge in [-0.3, -0.25) is 4.79 Å². The molecule has 23 heavy (non-hydrogen) atoms. The highest BCUT2D eigenvalue weighted by Crippen LogP contribution is 2.29. The summed E-state index contributed by atoms with van der Waals surface area (Å²) in [5.41, 5.74) is 3.22. The summed E-state index contributed by atoms with van der Waals surface area (Å²) >= 11 is 11.9. The molecule has 1 N–H and O–H groups in total. The molecule has 0 aromatic heterocycles. The van der Waals surface area contributed by atoms with Gasteiger partial charge >= 0.3 is 0 Å². The average Bonchev–Trinajstić information content (AvgIpc) is 2.74. The van der Waals surface area contributed by atoms with Crippen LogP contribution in [0.15, 0.2) is 33.9 Å². The molecule has 0 aliphatic carbocycles. The zero-order chi connectivity index (χ0) is 17.4. The molecule has 6 nitrogen and oxygen atoms in total. The molecule has 0 saturated heterocycles. The maximum absolute atomic E-state index is 12.6. The number of amides is 1. The number of hydrogen-bond acceptors (Lipinski definition) is 5. The van der Waals surface area contributed by atoms with Gasteiger partial charge in [0.2, 0.25) is 0 Å². The largest absolute Gasteiger partial charge is 0.383 e. The first-order valence-corrected chi connectivity index (χ1v) is 8.96. The zero-order valence-corrected chi connectivity index (χ0v) is 15.1. The number of carbonyl (C=O) groups excluding carboxylic acids is 1. The van der Waals surface area contributed by atoms with E-state index >= 15 is 0 Å². The fourth-order valence-electron chi connectivity index (χ4n) is 2.00. The lowest BCUT2D eigenvalue weighted by Crippen LogP contribution is -2.21. The van der Waals surface area contributed by atoms with Crippen LogP contribution < -0.4 is 5.43 Å². The van der Waals surface area contributed by atoms with Gasteiger partial charge in [0.25, 0.3) is 5.91 Å². The fraction of sp³-hybridized carbons (Fsp3) is 0.286. The number of sulfone groups is 1. The number of hydrazone groups is 1. The van der Waals surface area contributed by atoms with E-state index in [4.69, 9.17) is 23.2 Å². The molecule has 1 heterocycles. The van der Waals surface area contributed by atoms with Crippen LogP contribution in [0.2, 0.25) is 10.0 Å². The zero-order valence-electron chi connectivity index (χ0n) is 12.7. The number of benzene rings is 1. The smallest absolute Gasteiger partial charge is 0.274 e. The van der Waals surface area contributed by atoms with Gasteiger partial charge in [0, 0.05) is 25.3 Å². The second kappa shape index (κ2) is 6.51. The van der Waals surface area contributed by atoms with Crippen LogP contribution in [-0.2, 0) is 14.6 Å². The Balaban J connectivity index is 2.39. The van der Waals surface area contributed by atoms with E-state index < -0.39 is 21.5 Å². The third-order valence-corrected chi connectivity index (χ3v) is 5.60. The molecule has 0 saturated carbocycles. The molecule has 0 fully saturated rings. The van der Waals surface area contributed by atoms with Crippen molar-refractivity contribution in [2.45, 2.75) is 11.8 Å². The maximum Gasteiger partial charge on any atom is 0.274 e. The monoisotopic (exact) mass is 375 g/mol. The molecule has 0 radical (unpaired) electrons. The summed E-state index contributed by atoms with van der Waals surface area (Å²) in [5, 5.41) is 4.23. The van der Waals surface area contributed by atoms with Gasteiger partial charge in [0.05, 0.1) is 27.0 Å². The predicted octanol–water partition coefficient (Wildman–Crippen LogP) is 2.01. The first-order chi connectivity index (χ1) is 10.6. The third kappa shape index (κ3) is 3.85. The van der Waals surface area contributed by atoms with Crippen molar-refractivity contribution in [2.24, 2.45) is 5.10 Å². The van der Waals surface area contributed by atoms with E-state index in [1.54, 1.807) is 25.9 Å². The lowest BCUT2D eigenvalue weighted by atomic mass is 10.2. The summed E-state index contributed by atoms with van der Waals surface area (Å²) in [5.74, 6) is -0.881. The average molecular weight is 376 g/mol. The second-order valence-electron chi connectivity index (χ2n) is 5.30. The van der Waals surface area contributed by atoms with E-state index in [0.29, 0.717) is 10.6 Å². The lowest BCUT2D eigenvalue weighted by Gasteiger charge is -2.10. The minimum atomic E-state index is -3.78. The number of aryl methyl sites for hydroxylation is 1. The number of nitrogens with zero attached hydrogens (tertiary/aromatic N) is 2. The molecule has 0 unspecified atom stereocenters. The number of halogens is 2. The van der Waals surface area contributed by atoms with Crippen molar-refractivity contribution in [1.82, 2.24) is 10.3 Å². The van der Waals surface area contributed by atoms with E-state index in [0.717, 1.165) is 0 Å². The summed E-state index contributed by atoms with van der Waals surface area (Å²) in [7, 11) is -0.326. The molecule has 1 amide bonds. The predicted molar refractivity (Wildman–Crippen MR) is 90.6 cm³/mol. The number of hydrogen-bond donors (Lipinski definition) is 1. The molecule has 0 spiro atoms. The van der Waals surface area contributed by atoms with Crippen LogP contribution >= 0.6 is 23.2 Å². The van der Waals surface area contributed by atoms with Crippen molar-refractivity contribution >= 4 is 44.7 Å². The van der Waals surface area contributed by atoms with E-state index in [1.165, 1.54) is 18.3 Å². The van der Waals surface area contributed by atoms with Crippen molar-refractivity contribution in [3.8, 4) is 0 Å². The van der Waals surface area contributed by atoms with Gasteiger partial charge in [0.15, 0.2) is 9.84 Å². The Labute approximate surface area is 144 Å². The Bertz CT molecular complexity index is 830. The van der Waals surface area contributed by atoms with Gasteiger partial charge in [-0.1, -0.05) is 23.2 Å². The van der Waals surface area contributed by atoms with Gasteiger partial charge in [-0.25, -0.2) is 13.8 Å². The molecule has 1 aromatic carbocycles. The summed E-state index contributed by atoms with van der Waals surface area (Å²) in [6, 6.07) is 2.81. The van der Waals surface area contributed by atoms with Crippen LogP contribution in [0.5, 0.6) is 0 Å². The Morgan fingerprint density at radius 1 is 1.26 bits per heavy atom. The van der Waals surface area contributed by atoms with Crippen LogP contribution in [0, 0.1) is 6.92 Å². The van der Waals surface area contributed by atoms with Gasteiger partial charge < -0.3 is 4.90 Å². The second-order valence-corrected chi connectivity index (χ2v) is 8.07. The highest BCUT2D eigenvalue weighted by atomic mass is 35.5. The molecular weight excluding hydrogens is 361 g/mol. The Hall–Kier alpha value is -1.57. The quantitative estimate of drug-likeness (QED) is 0.816. The summed E-state index contributed by atoms with van der Waals surface area (Å²) in [6.07, 6.45) is 1.52. The maximum atomic E-state index is 12.6. The van der Waals surface area contributed by atoms with Gasteiger partial charge in [-0.15, -0.1) is 0 Å². The van der Waals surface area contributed by atoms with Gasteiger partial charge in [0.1, 0.15) is 0 Å². The van der Waals surface area contributed by atoms with E-state index in [9.17, 15) is 13.2 Å². The Morgan fingerprint density at radius 3 is 2.52 bits per heavy atom. The topological polar surface area (TPSA) is 78.8 Å². The van der Waals surface area contributed by atoms with Gasteiger partial charge in [-0.2, -0.15) is 5.10 Å². The highest BCUT2D eigenvalue weighted by Gasteiger charge is 2.29. The summed E-state index contributed by atoms with van der Waals surface area (Å²) < 4.78 is 25.2. The van der Waals surface area contributed by atoms with Crippen molar-refractivity contribution in [1.29, 1.82) is 0 Å². The molecule has 9 heteroatoms. The van der Waals surface area contributed by atoms with Crippen LogP contribution in [0.1, 0.15) is 5.56 Å². The number of carbonyl (C=O) groups is 1. The van der Waals surface area contributed by atoms with Crippen LogP contribution in [0.25, 0.3) is 0 Å². The van der Waals surface area contributed by atoms with Crippen molar-refractivity contribution < 1.29 is 13.2 Å². The normalized spacial score (nSPS) is 16.5. The molecule has 2 rings (SSSR count). The lowest BCUT2D eigenvalue weighted by molar-refractivity contribution is -0.116. The molecule has 124 valence electrons. The van der Waals surface area contributed by atoms with Crippen LogP contribution in [0.3, 0.4) is 0 Å². The van der Waals surface area contributed by atoms with Crippen molar-refractivity contribution in [3.63, 3.8) is 0 Å².